The number of rotatable bonds is 6. The molecule has 0 amide bonds. The minimum Gasteiger partial charge on any atom is -0.497 e. The first kappa shape index (κ1) is 18.7. The van der Waals surface area contributed by atoms with E-state index in [-0.39, 0.29) is 18.4 Å². The maximum Gasteiger partial charge on any atom is 0.360 e. The second kappa shape index (κ2) is 8.54. The van der Waals surface area contributed by atoms with Crippen molar-refractivity contribution in [2.45, 2.75) is 26.4 Å². The number of benzene rings is 2. The van der Waals surface area contributed by atoms with Crippen LogP contribution in [0.2, 0.25) is 0 Å². The Morgan fingerprint density at radius 1 is 1.04 bits per heavy atom. The van der Waals surface area contributed by atoms with Crippen molar-refractivity contribution in [3.05, 3.63) is 71.4 Å². The van der Waals surface area contributed by atoms with Gasteiger partial charge in [0.05, 0.1) is 19.4 Å². The third kappa shape index (κ3) is 4.03. The van der Waals surface area contributed by atoms with Crippen molar-refractivity contribution < 1.29 is 19.0 Å². The summed E-state index contributed by atoms with van der Waals surface area (Å²) in [6, 6.07) is 17.1. The number of aliphatic imine (C=N–C) groups is 1. The fourth-order valence-electron chi connectivity index (χ4n) is 2.92. The van der Waals surface area contributed by atoms with Crippen molar-refractivity contribution in [2.24, 2.45) is 4.99 Å². The summed E-state index contributed by atoms with van der Waals surface area (Å²) in [7, 11) is 1.61. The Hall–Kier alpha value is -3.08. The highest BCUT2D eigenvalue weighted by molar-refractivity contribution is 6.10. The van der Waals surface area contributed by atoms with Gasteiger partial charge in [-0.05, 0) is 43.2 Å². The number of carbonyl (C=O) groups excluding carboxylic acids is 1. The Balaban J connectivity index is 2.12. The quantitative estimate of drug-likeness (QED) is 0.719. The summed E-state index contributed by atoms with van der Waals surface area (Å²) in [4.78, 5) is 17.3. The van der Waals surface area contributed by atoms with Crippen LogP contribution in [-0.4, -0.2) is 31.5 Å². The third-order valence-electron chi connectivity index (χ3n) is 4.27. The van der Waals surface area contributed by atoms with Gasteiger partial charge in [-0.25, -0.2) is 9.79 Å². The normalized spacial score (nSPS) is 16.4. The first-order valence-electron chi connectivity index (χ1n) is 9.04. The molecular formula is C22H23NO4. The van der Waals surface area contributed by atoms with Crippen LogP contribution in [0, 0.1) is 0 Å². The topological polar surface area (TPSA) is 57.1 Å². The zero-order valence-electron chi connectivity index (χ0n) is 15.8. The number of ether oxygens (including phenoxy) is 3. The second-order valence-corrected chi connectivity index (χ2v) is 6.00. The fourth-order valence-corrected chi connectivity index (χ4v) is 2.92. The maximum absolute atomic E-state index is 12.6. The summed E-state index contributed by atoms with van der Waals surface area (Å²) in [5.74, 6) is 0.669. The van der Waals surface area contributed by atoms with E-state index < -0.39 is 5.97 Å². The van der Waals surface area contributed by atoms with Crippen LogP contribution in [-0.2, 0) is 14.3 Å². The van der Waals surface area contributed by atoms with Gasteiger partial charge < -0.3 is 14.2 Å². The van der Waals surface area contributed by atoms with Crippen molar-refractivity contribution in [1.29, 1.82) is 0 Å². The van der Waals surface area contributed by atoms with E-state index in [1.807, 2.05) is 61.5 Å². The Kier molecular flexibility index (Phi) is 5.91. The highest BCUT2D eigenvalue weighted by Crippen LogP contribution is 2.31. The third-order valence-corrected chi connectivity index (χ3v) is 4.27. The van der Waals surface area contributed by atoms with Crippen molar-refractivity contribution in [3.8, 4) is 5.75 Å². The van der Waals surface area contributed by atoms with Crippen LogP contribution in [0.25, 0.3) is 5.76 Å². The summed E-state index contributed by atoms with van der Waals surface area (Å²) in [6.07, 6.45) is 0.478. The van der Waals surface area contributed by atoms with Gasteiger partial charge >= 0.3 is 5.97 Å². The molecule has 5 heteroatoms. The van der Waals surface area contributed by atoms with Gasteiger partial charge in [0.15, 0.2) is 11.5 Å². The van der Waals surface area contributed by atoms with E-state index >= 15 is 0 Å². The van der Waals surface area contributed by atoms with Crippen LogP contribution < -0.4 is 4.74 Å². The minimum atomic E-state index is -0.494. The molecule has 2 aromatic rings. The second-order valence-electron chi connectivity index (χ2n) is 6.00. The Morgan fingerprint density at radius 2 is 1.74 bits per heavy atom. The van der Waals surface area contributed by atoms with E-state index in [0.29, 0.717) is 5.76 Å². The van der Waals surface area contributed by atoms with E-state index in [1.54, 1.807) is 14.0 Å². The van der Waals surface area contributed by atoms with Gasteiger partial charge in [-0.2, -0.15) is 0 Å². The van der Waals surface area contributed by atoms with E-state index in [2.05, 4.69) is 4.99 Å². The number of carbonyl (C=O) groups is 1. The molecule has 0 saturated heterocycles. The zero-order chi connectivity index (χ0) is 19.2. The summed E-state index contributed by atoms with van der Waals surface area (Å²) < 4.78 is 16.7. The molecule has 0 bridgehead atoms. The van der Waals surface area contributed by atoms with Crippen LogP contribution >= 0.6 is 0 Å². The molecule has 1 aliphatic heterocycles. The lowest BCUT2D eigenvalue weighted by Crippen LogP contribution is -2.30. The summed E-state index contributed by atoms with van der Waals surface area (Å²) in [5.41, 5.74) is 2.61. The Morgan fingerprint density at radius 3 is 2.33 bits per heavy atom. The van der Waals surface area contributed by atoms with Gasteiger partial charge in [0.25, 0.3) is 0 Å². The Bertz CT molecular complexity index is 854. The van der Waals surface area contributed by atoms with E-state index in [4.69, 9.17) is 14.2 Å². The lowest BCUT2D eigenvalue weighted by atomic mass is 10.0. The summed E-state index contributed by atoms with van der Waals surface area (Å²) in [6.45, 7) is 4.07. The average Bonchev–Trinajstić information content (AvgIpc) is 2.73. The van der Waals surface area contributed by atoms with Crippen LogP contribution in [0.5, 0.6) is 5.75 Å². The van der Waals surface area contributed by atoms with Gasteiger partial charge in [0, 0.05) is 5.56 Å². The standard InChI is InChI=1S/C22H23NO4/c1-4-18-19(15-9-7-6-8-10-15)23-20(22(24)26-5-2)21(27-18)16-11-13-17(25-3)14-12-16/h6-14,18H,4-5H2,1-3H3. The number of nitrogens with zero attached hydrogens (tertiary/aromatic N) is 1. The number of hydrogen-bond donors (Lipinski definition) is 0. The maximum atomic E-state index is 12.6. The van der Waals surface area contributed by atoms with Crippen molar-refractivity contribution in [2.75, 3.05) is 13.7 Å². The molecule has 1 aliphatic rings. The van der Waals surface area contributed by atoms with E-state index in [9.17, 15) is 4.79 Å². The molecule has 0 saturated carbocycles. The Labute approximate surface area is 159 Å². The smallest absolute Gasteiger partial charge is 0.360 e. The molecule has 0 N–H and O–H groups in total. The lowest BCUT2D eigenvalue weighted by Gasteiger charge is -2.27. The van der Waals surface area contributed by atoms with E-state index in [0.717, 1.165) is 29.0 Å². The highest BCUT2D eigenvalue weighted by Gasteiger charge is 2.31. The average molecular weight is 365 g/mol. The molecule has 140 valence electrons. The van der Waals surface area contributed by atoms with Crippen LogP contribution in [0.1, 0.15) is 31.4 Å². The van der Waals surface area contributed by atoms with Gasteiger partial charge in [-0.1, -0.05) is 37.3 Å². The van der Waals surface area contributed by atoms with Gasteiger partial charge in [0.2, 0.25) is 0 Å². The SMILES string of the molecule is CCOC(=O)C1=C(c2ccc(OC)cc2)OC(CC)C(c2ccccc2)=N1. The summed E-state index contributed by atoms with van der Waals surface area (Å²) in [5, 5.41) is 0. The van der Waals surface area contributed by atoms with Gasteiger partial charge in [0.1, 0.15) is 11.9 Å². The molecule has 1 atom stereocenters. The van der Waals surface area contributed by atoms with Crippen LogP contribution in [0.3, 0.4) is 0 Å². The van der Waals surface area contributed by atoms with Gasteiger partial charge in [-0.3, -0.25) is 0 Å². The highest BCUT2D eigenvalue weighted by atomic mass is 16.5. The minimum absolute atomic E-state index is 0.186. The first-order chi connectivity index (χ1) is 13.2. The van der Waals surface area contributed by atoms with Crippen LogP contribution in [0.4, 0.5) is 0 Å². The van der Waals surface area contributed by atoms with Crippen molar-refractivity contribution in [3.63, 3.8) is 0 Å². The molecule has 1 unspecified atom stereocenters. The molecule has 2 aromatic carbocycles. The number of methoxy groups -OCH3 is 1. The monoisotopic (exact) mass is 365 g/mol. The predicted octanol–water partition coefficient (Wildman–Crippen LogP) is 4.23. The molecule has 0 radical (unpaired) electrons. The number of hydrogen-bond acceptors (Lipinski definition) is 5. The van der Waals surface area contributed by atoms with Crippen molar-refractivity contribution in [1.82, 2.24) is 0 Å². The van der Waals surface area contributed by atoms with Crippen molar-refractivity contribution >= 4 is 17.4 Å². The molecule has 27 heavy (non-hydrogen) atoms. The predicted molar refractivity (Wildman–Crippen MR) is 105 cm³/mol. The molecule has 5 nitrogen and oxygen atoms in total. The lowest BCUT2D eigenvalue weighted by molar-refractivity contribution is -0.138. The molecule has 0 aliphatic carbocycles. The molecule has 3 rings (SSSR count). The first-order valence-corrected chi connectivity index (χ1v) is 9.04. The molecule has 0 aromatic heterocycles. The largest absolute Gasteiger partial charge is 0.497 e. The molecule has 0 fully saturated rings. The van der Waals surface area contributed by atoms with E-state index in [1.165, 1.54) is 0 Å². The van der Waals surface area contributed by atoms with Crippen LogP contribution in [0.15, 0.2) is 65.3 Å². The summed E-state index contributed by atoms with van der Waals surface area (Å²) >= 11 is 0. The molecule has 0 spiro atoms. The van der Waals surface area contributed by atoms with Gasteiger partial charge in [-0.15, -0.1) is 0 Å². The number of esters is 1. The fraction of sp³-hybridized carbons (Fsp3) is 0.273. The molecular weight excluding hydrogens is 342 g/mol. The zero-order valence-corrected chi connectivity index (χ0v) is 15.8. The molecule has 1 heterocycles.